The van der Waals surface area contributed by atoms with E-state index in [-0.39, 0.29) is 24.9 Å². The Labute approximate surface area is 160 Å². The summed E-state index contributed by atoms with van der Waals surface area (Å²) in [5.41, 5.74) is 0.686. The van der Waals surface area contributed by atoms with Crippen molar-refractivity contribution in [2.45, 2.75) is 19.6 Å². The van der Waals surface area contributed by atoms with Gasteiger partial charge in [0.15, 0.2) is 11.5 Å². The van der Waals surface area contributed by atoms with Gasteiger partial charge in [-0.25, -0.2) is 4.98 Å². The summed E-state index contributed by atoms with van der Waals surface area (Å²) in [6.07, 6.45) is 0.857. The molecule has 3 heterocycles. The van der Waals surface area contributed by atoms with Crippen LogP contribution in [-0.4, -0.2) is 40.3 Å². The van der Waals surface area contributed by atoms with Gasteiger partial charge in [0.05, 0.1) is 13.2 Å². The Kier molecular flexibility index (Phi) is 5.05. The van der Waals surface area contributed by atoms with Crippen LogP contribution in [0.15, 0.2) is 47.1 Å². The zero-order valence-electron chi connectivity index (χ0n) is 15.1. The van der Waals surface area contributed by atoms with E-state index in [4.69, 9.17) is 18.7 Å². The molecule has 144 valence electrons. The molecule has 1 atom stereocenters. The summed E-state index contributed by atoms with van der Waals surface area (Å²) >= 11 is 0. The lowest BCUT2D eigenvalue weighted by atomic mass is 10.2. The number of amides is 1. The molecular formula is C19H18N4O5. The van der Waals surface area contributed by atoms with Gasteiger partial charge in [0, 0.05) is 17.8 Å². The Morgan fingerprint density at radius 3 is 2.89 bits per heavy atom. The van der Waals surface area contributed by atoms with E-state index in [0.717, 1.165) is 0 Å². The number of aromatic nitrogens is 3. The molecule has 0 fully saturated rings. The van der Waals surface area contributed by atoms with Gasteiger partial charge in [0.1, 0.15) is 6.61 Å². The first-order chi connectivity index (χ1) is 13.7. The first-order valence-corrected chi connectivity index (χ1v) is 8.81. The Hall–Kier alpha value is -3.62. The van der Waals surface area contributed by atoms with E-state index < -0.39 is 6.10 Å². The molecule has 0 bridgehead atoms. The fourth-order valence-electron chi connectivity index (χ4n) is 2.62. The van der Waals surface area contributed by atoms with Gasteiger partial charge in [-0.3, -0.25) is 4.79 Å². The van der Waals surface area contributed by atoms with Gasteiger partial charge in [0.25, 0.3) is 5.91 Å². The lowest BCUT2D eigenvalue weighted by Gasteiger charge is -2.25. The number of nitrogens with one attached hydrogen (secondary N) is 1. The molecule has 1 aliphatic heterocycles. The number of fused-ring (bicyclic) bond motifs is 1. The second-order valence-corrected chi connectivity index (χ2v) is 5.91. The maximum Gasteiger partial charge on any atom is 0.265 e. The summed E-state index contributed by atoms with van der Waals surface area (Å²) in [7, 11) is 0. The number of pyridine rings is 1. The summed E-state index contributed by atoms with van der Waals surface area (Å²) in [6.45, 7) is 2.64. The minimum absolute atomic E-state index is 0.0811. The maximum atomic E-state index is 12.3. The normalized spacial score (nSPS) is 15.1. The largest absolute Gasteiger partial charge is 0.485 e. The smallest absolute Gasteiger partial charge is 0.265 e. The molecule has 0 radical (unpaired) electrons. The minimum Gasteiger partial charge on any atom is -0.485 e. The standard InChI is InChI=1S/C19H18N4O5/c1-2-25-16-8-7-12(9-20-16)18-22-17(28-23-18)10-21-19(24)15-11-26-13-5-3-4-6-14(13)27-15/h3-9,15H,2,10-11H2,1H3,(H,21,24). The van der Waals surface area contributed by atoms with Gasteiger partial charge in [-0.2, -0.15) is 4.98 Å². The summed E-state index contributed by atoms with van der Waals surface area (Å²) in [4.78, 5) is 20.8. The highest BCUT2D eigenvalue weighted by Gasteiger charge is 2.27. The fraction of sp³-hybridized carbons (Fsp3) is 0.263. The van der Waals surface area contributed by atoms with E-state index in [9.17, 15) is 4.79 Å². The van der Waals surface area contributed by atoms with Gasteiger partial charge in [0.2, 0.25) is 23.7 Å². The van der Waals surface area contributed by atoms with Gasteiger partial charge in [-0.05, 0) is 25.1 Å². The molecule has 2 aromatic heterocycles. The van der Waals surface area contributed by atoms with Gasteiger partial charge in [-0.15, -0.1) is 0 Å². The number of hydrogen-bond acceptors (Lipinski definition) is 8. The lowest BCUT2D eigenvalue weighted by Crippen LogP contribution is -2.43. The second-order valence-electron chi connectivity index (χ2n) is 5.91. The van der Waals surface area contributed by atoms with Crippen molar-refractivity contribution >= 4 is 5.91 Å². The molecule has 0 saturated carbocycles. The topological polar surface area (TPSA) is 109 Å². The molecule has 1 N–H and O–H groups in total. The van der Waals surface area contributed by atoms with Gasteiger partial charge in [-0.1, -0.05) is 17.3 Å². The molecule has 1 aromatic carbocycles. The summed E-state index contributed by atoms with van der Waals surface area (Å²) in [5, 5.41) is 6.62. The van der Waals surface area contributed by atoms with Crippen LogP contribution in [0.5, 0.6) is 17.4 Å². The highest BCUT2D eigenvalue weighted by atomic mass is 16.6. The van der Waals surface area contributed by atoms with Crippen molar-refractivity contribution in [3.05, 3.63) is 48.5 Å². The molecular weight excluding hydrogens is 364 g/mol. The molecule has 28 heavy (non-hydrogen) atoms. The van der Waals surface area contributed by atoms with Crippen molar-refractivity contribution in [1.82, 2.24) is 20.4 Å². The molecule has 9 heteroatoms. The van der Waals surface area contributed by atoms with E-state index in [1.54, 1.807) is 30.5 Å². The van der Waals surface area contributed by atoms with E-state index >= 15 is 0 Å². The predicted molar refractivity (Wildman–Crippen MR) is 96.9 cm³/mol. The van der Waals surface area contributed by atoms with E-state index in [2.05, 4.69) is 20.4 Å². The van der Waals surface area contributed by atoms with Crippen LogP contribution >= 0.6 is 0 Å². The third kappa shape index (κ3) is 3.88. The quantitative estimate of drug-likeness (QED) is 0.689. The van der Waals surface area contributed by atoms with Crippen LogP contribution in [-0.2, 0) is 11.3 Å². The van der Waals surface area contributed by atoms with Gasteiger partial charge < -0.3 is 24.1 Å². The third-order valence-corrected chi connectivity index (χ3v) is 3.97. The van der Waals surface area contributed by atoms with Crippen molar-refractivity contribution in [2.24, 2.45) is 0 Å². The summed E-state index contributed by atoms with van der Waals surface area (Å²) in [5.74, 6) is 2.02. The molecule has 9 nitrogen and oxygen atoms in total. The molecule has 1 aliphatic rings. The number of benzene rings is 1. The number of nitrogens with zero attached hydrogens (tertiary/aromatic N) is 3. The van der Waals surface area contributed by atoms with E-state index in [1.807, 2.05) is 19.1 Å². The van der Waals surface area contributed by atoms with Gasteiger partial charge >= 0.3 is 0 Å². The maximum absolute atomic E-state index is 12.3. The Bertz CT molecular complexity index is 957. The van der Waals surface area contributed by atoms with Crippen LogP contribution in [0.3, 0.4) is 0 Å². The predicted octanol–water partition coefficient (Wildman–Crippen LogP) is 1.99. The highest BCUT2D eigenvalue weighted by Crippen LogP contribution is 2.30. The lowest BCUT2D eigenvalue weighted by molar-refractivity contribution is -0.130. The number of para-hydroxylation sites is 2. The van der Waals surface area contributed by atoms with Crippen LogP contribution < -0.4 is 19.5 Å². The zero-order valence-corrected chi connectivity index (χ0v) is 15.1. The first-order valence-electron chi connectivity index (χ1n) is 8.81. The SMILES string of the molecule is CCOc1ccc(-c2noc(CNC(=O)C3COc4ccccc4O3)n2)cn1. The molecule has 1 amide bonds. The number of rotatable bonds is 6. The van der Waals surface area contributed by atoms with Crippen LogP contribution in [0.4, 0.5) is 0 Å². The Morgan fingerprint density at radius 2 is 2.11 bits per heavy atom. The Morgan fingerprint density at radius 1 is 1.25 bits per heavy atom. The molecule has 3 aromatic rings. The Balaban J connectivity index is 1.34. The van der Waals surface area contributed by atoms with E-state index in [0.29, 0.717) is 35.4 Å². The summed E-state index contributed by atoms with van der Waals surface area (Å²) in [6, 6.07) is 10.7. The summed E-state index contributed by atoms with van der Waals surface area (Å²) < 4.78 is 21.7. The van der Waals surface area contributed by atoms with Crippen molar-refractivity contribution in [1.29, 1.82) is 0 Å². The van der Waals surface area contributed by atoms with Crippen molar-refractivity contribution in [3.8, 4) is 28.8 Å². The zero-order chi connectivity index (χ0) is 19.3. The average Bonchev–Trinajstić information content (AvgIpc) is 3.21. The van der Waals surface area contributed by atoms with Crippen molar-refractivity contribution in [2.75, 3.05) is 13.2 Å². The van der Waals surface area contributed by atoms with Crippen molar-refractivity contribution in [3.63, 3.8) is 0 Å². The number of ether oxygens (including phenoxy) is 3. The molecule has 1 unspecified atom stereocenters. The molecule has 4 rings (SSSR count). The van der Waals surface area contributed by atoms with Crippen LogP contribution in [0.25, 0.3) is 11.4 Å². The van der Waals surface area contributed by atoms with E-state index in [1.165, 1.54) is 0 Å². The first kappa shape index (κ1) is 17.8. The molecule has 0 saturated heterocycles. The van der Waals surface area contributed by atoms with Crippen LogP contribution in [0, 0.1) is 0 Å². The number of carbonyl (C=O) groups is 1. The van der Waals surface area contributed by atoms with Crippen molar-refractivity contribution < 1.29 is 23.5 Å². The molecule has 0 spiro atoms. The van der Waals surface area contributed by atoms with Crippen LogP contribution in [0.1, 0.15) is 12.8 Å². The van der Waals surface area contributed by atoms with Crippen LogP contribution in [0.2, 0.25) is 0 Å². The third-order valence-electron chi connectivity index (χ3n) is 3.97. The number of carbonyl (C=O) groups excluding carboxylic acids is 1. The second kappa shape index (κ2) is 7.95. The fourth-order valence-corrected chi connectivity index (χ4v) is 2.62. The number of hydrogen-bond donors (Lipinski definition) is 1. The minimum atomic E-state index is -0.743. The monoisotopic (exact) mass is 382 g/mol. The highest BCUT2D eigenvalue weighted by molar-refractivity contribution is 5.81. The average molecular weight is 382 g/mol. The molecule has 0 aliphatic carbocycles.